The summed E-state index contributed by atoms with van der Waals surface area (Å²) in [5.74, 6) is 0. The molecule has 3 nitrogen and oxygen atoms in total. The number of amides is 1. The van der Waals surface area contributed by atoms with Gasteiger partial charge in [-0.25, -0.2) is 4.79 Å². The lowest BCUT2D eigenvalue weighted by Crippen LogP contribution is -2.53. The molecule has 1 aromatic heterocycles. The van der Waals surface area contributed by atoms with Gasteiger partial charge in [0.25, 0.3) is 0 Å². The summed E-state index contributed by atoms with van der Waals surface area (Å²) in [6.07, 6.45) is 6.30. The average Bonchev–Trinajstić information content (AvgIpc) is 2.81. The molecular weight excluding hydrogens is 362 g/mol. The number of piperidine rings is 1. The van der Waals surface area contributed by atoms with E-state index in [0.717, 1.165) is 23.7 Å². The maximum atomic E-state index is 12.6. The van der Waals surface area contributed by atoms with Crippen molar-refractivity contribution >= 4 is 38.9 Å². The Balaban J connectivity index is 1.86. The fraction of sp³-hybridized carbons (Fsp3) is 0.588. The van der Waals surface area contributed by atoms with Gasteiger partial charge in [-0.1, -0.05) is 6.08 Å². The van der Waals surface area contributed by atoms with Gasteiger partial charge in [0.15, 0.2) is 0 Å². The van der Waals surface area contributed by atoms with Crippen LogP contribution in [0.4, 0.5) is 4.79 Å². The minimum atomic E-state index is -0.439. The van der Waals surface area contributed by atoms with Gasteiger partial charge in [-0.2, -0.15) is 11.3 Å². The van der Waals surface area contributed by atoms with E-state index in [0.29, 0.717) is 0 Å². The van der Waals surface area contributed by atoms with Crippen LogP contribution in [0.3, 0.4) is 0 Å². The highest BCUT2D eigenvalue weighted by atomic mass is 79.9. The number of nitrogens with zero attached hydrogens (tertiary/aromatic N) is 1. The highest BCUT2D eigenvalue weighted by molar-refractivity contribution is 9.10. The predicted molar refractivity (Wildman–Crippen MR) is 94.1 cm³/mol. The third kappa shape index (κ3) is 3.25. The van der Waals surface area contributed by atoms with Gasteiger partial charge in [0.2, 0.25) is 0 Å². The van der Waals surface area contributed by atoms with Gasteiger partial charge in [0.05, 0.1) is 6.04 Å². The Morgan fingerprint density at radius 2 is 2.14 bits per heavy atom. The summed E-state index contributed by atoms with van der Waals surface area (Å²) in [7, 11) is 0. The zero-order valence-electron chi connectivity index (χ0n) is 13.3. The van der Waals surface area contributed by atoms with Gasteiger partial charge in [0.1, 0.15) is 5.60 Å². The first-order chi connectivity index (χ1) is 10.3. The Labute approximate surface area is 144 Å². The minimum absolute atomic E-state index is 0.165. The van der Waals surface area contributed by atoms with E-state index in [1.165, 1.54) is 17.6 Å². The van der Waals surface area contributed by atoms with Crippen LogP contribution >= 0.6 is 27.3 Å². The number of ether oxygens (including phenoxy) is 1. The number of halogens is 1. The number of thiophene rings is 1. The van der Waals surface area contributed by atoms with Gasteiger partial charge in [-0.05, 0) is 73.3 Å². The van der Waals surface area contributed by atoms with Crippen molar-refractivity contribution in [3.8, 4) is 0 Å². The number of carbonyl (C=O) groups is 1. The molecule has 0 spiro atoms. The van der Waals surface area contributed by atoms with Gasteiger partial charge in [-0.3, -0.25) is 4.90 Å². The zero-order valence-corrected chi connectivity index (χ0v) is 15.7. The van der Waals surface area contributed by atoms with Crippen LogP contribution < -0.4 is 0 Å². The Kier molecular flexibility index (Phi) is 4.38. The molecule has 0 N–H and O–H groups in total. The third-order valence-electron chi connectivity index (χ3n) is 4.20. The lowest BCUT2D eigenvalue weighted by atomic mass is 9.83. The van der Waals surface area contributed by atoms with Crippen LogP contribution in [0.15, 0.2) is 21.3 Å². The molecule has 0 saturated carbocycles. The first kappa shape index (κ1) is 16.1. The fourth-order valence-corrected chi connectivity index (χ4v) is 4.91. The van der Waals surface area contributed by atoms with Crippen molar-refractivity contribution < 1.29 is 9.53 Å². The Morgan fingerprint density at radius 1 is 1.36 bits per heavy atom. The first-order valence-electron chi connectivity index (χ1n) is 7.79. The van der Waals surface area contributed by atoms with E-state index in [9.17, 15) is 4.79 Å². The number of rotatable bonds is 1. The summed E-state index contributed by atoms with van der Waals surface area (Å²) < 4.78 is 6.77. The van der Waals surface area contributed by atoms with Gasteiger partial charge < -0.3 is 4.74 Å². The Morgan fingerprint density at radius 3 is 2.73 bits per heavy atom. The van der Waals surface area contributed by atoms with Crippen LogP contribution in [0.1, 0.15) is 52.0 Å². The Hall–Kier alpha value is -0.810. The molecule has 1 fully saturated rings. The second kappa shape index (κ2) is 6.00. The maximum absolute atomic E-state index is 12.6. The number of carbonyl (C=O) groups excluding carboxylic acids is 1. The summed E-state index contributed by atoms with van der Waals surface area (Å²) in [6.45, 7) is 5.77. The van der Waals surface area contributed by atoms with Crippen LogP contribution in [0, 0.1) is 0 Å². The monoisotopic (exact) mass is 383 g/mol. The standard InChI is InChI=1S/C17H22BrNO2S/c1-17(2,3)21-16(20)19-12-5-4-6-13(19)8-11(7-12)14-9-22-10-15(14)18/h7,9-10,12-13H,4-6,8H2,1-3H3. The molecule has 0 aromatic carbocycles. The molecule has 5 heteroatoms. The lowest BCUT2D eigenvalue weighted by molar-refractivity contribution is 0.0000857. The van der Waals surface area contributed by atoms with Gasteiger partial charge >= 0.3 is 6.09 Å². The Bertz CT molecular complexity index is 602. The molecule has 2 bridgehead atoms. The van der Waals surface area contributed by atoms with Crippen molar-refractivity contribution in [1.82, 2.24) is 4.90 Å². The molecule has 3 heterocycles. The maximum Gasteiger partial charge on any atom is 0.411 e. The molecule has 0 aliphatic carbocycles. The normalized spacial score (nSPS) is 24.9. The topological polar surface area (TPSA) is 29.5 Å². The molecule has 22 heavy (non-hydrogen) atoms. The zero-order chi connectivity index (χ0) is 15.9. The second-order valence-electron chi connectivity index (χ2n) is 7.07. The summed E-state index contributed by atoms with van der Waals surface area (Å²) in [6, 6.07) is 0.435. The second-order valence-corrected chi connectivity index (χ2v) is 8.67. The number of hydrogen-bond acceptors (Lipinski definition) is 3. The number of hydrogen-bond donors (Lipinski definition) is 0. The van der Waals surface area contributed by atoms with E-state index in [1.807, 2.05) is 25.7 Å². The molecule has 1 saturated heterocycles. The van der Waals surface area contributed by atoms with Crippen molar-refractivity contribution in [3.63, 3.8) is 0 Å². The lowest BCUT2D eigenvalue weighted by Gasteiger charge is -2.45. The summed E-state index contributed by atoms with van der Waals surface area (Å²) in [5, 5.41) is 4.31. The number of fused-ring (bicyclic) bond motifs is 2. The quantitative estimate of drug-likeness (QED) is 0.644. The molecule has 120 valence electrons. The van der Waals surface area contributed by atoms with Crippen LogP contribution in [0.5, 0.6) is 0 Å². The molecule has 3 rings (SSSR count). The highest BCUT2D eigenvalue weighted by Gasteiger charge is 2.39. The largest absolute Gasteiger partial charge is 0.444 e. The molecular formula is C17H22BrNO2S. The SMILES string of the molecule is CC(C)(C)OC(=O)N1C2C=C(c3cscc3Br)CC1CCC2. The van der Waals surface area contributed by atoms with Crippen LogP contribution in [0.2, 0.25) is 0 Å². The van der Waals surface area contributed by atoms with Gasteiger partial charge in [0, 0.05) is 21.5 Å². The van der Waals surface area contributed by atoms with E-state index in [2.05, 4.69) is 32.8 Å². The highest BCUT2D eigenvalue weighted by Crippen LogP contribution is 2.40. The van der Waals surface area contributed by atoms with E-state index in [4.69, 9.17) is 4.74 Å². The summed E-state index contributed by atoms with van der Waals surface area (Å²) >= 11 is 5.34. The van der Waals surface area contributed by atoms with Crippen LogP contribution in [-0.2, 0) is 4.74 Å². The van der Waals surface area contributed by atoms with E-state index in [-0.39, 0.29) is 18.2 Å². The molecule has 1 aromatic rings. The van der Waals surface area contributed by atoms with Crippen LogP contribution in [0.25, 0.3) is 5.57 Å². The molecule has 2 atom stereocenters. The smallest absolute Gasteiger partial charge is 0.411 e. The summed E-state index contributed by atoms with van der Waals surface area (Å²) in [5.41, 5.74) is 2.21. The molecule has 2 aliphatic heterocycles. The molecule has 1 amide bonds. The minimum Gasteiger partial charge on any atom is -0.444 e. The van der Waals surface area contributed by atoms with Crippen molar-refractivity contribution in [2.24, 2.45) is 0 Å². The average molecular weight is 384 g/mol. The van der Waals surface area contributed by atoms with E-state index < -0.39 is 5.60 Å². The van der Waals surface area contributed by atoms with Crippen LogP contribution in [-0.4, -0.2) is 28.7 Å². The van der Waals surface area contributed by atoms with Crippen molar-refractivity contribution in [3.05, 3.63) is 26.9 Å². The third-order valence-corrected chi connectivity index (χ3v) is 5.90. The van der Waals surface area contributed by atoms with Gasteiger partial charge in [-0.15, -0.1) is 0 Å². The molecule has 0 radical (unpaired) electrons. The van der Waals surface area contributed by atoms with E-state index in [1.54, 1.807) is 11.3 Å². The van der Waals surface area contributed by atoms with Crippen molar-refractivity contribution in [2.75, 3.05) is 0 Å². The van der Waals surface area contributed by atoms with E-state index >= 15 is 0 Å². The van der Waals surface area contributed by atoms with Crippen molar-refractivity contribution in [1.29, 1.82) is 0 Å². The molecule has 2 unspecified atom stereocenters. The molecule has 2 aliphatic rings. The predicted octanol–water partition coefficient (Wildman–Crippen LogP) is 5.46. The fourth-order valence-electron chi connectivity index (χ4n) is 3.34. The first-order valence-corrected chi connectivity index (χ1v) is 9.53. The van der Waals surface area contributed by atoms with Crippen molar-refractivity contribution in [2.45, 2.75) is 64.1 Å². The summed E-state index contributed by atoms with van der Waals surface area (Å²) in [4.78, 5) is 14.5.